The summed E-state index contributed by atoms with van der Waals surface area (Å²) in [4.78, 5) is 35.6. The summed E-state index contributed by atoms with van der Waals surface area (Å²) in [5, 5.41) is 0.751. The molecular weight excluding hydrogens is 692 g/mol. The van der Waals surface area contributed by atoms with E-state index in [1.54, 1.807) is 0 Å². The van der Waals surface area contributed by atoms with Crippen molar-refractivity contribution in [3.63, 3.8) is 0 Å². The van der Waals surface area contributed by atoms with Gasteiger partial charge in [0.1, 0.15) is 5.69 Å². The zero-order valence-electron chi connectivity index (χ0n) is 24.9. The van der Waals surface area contributed by atoms with Gasteiger partial charge in [0.05, 0.1) is 5.69 Å². The third kappa shape index (κ3) is 6.21. The number of hydrogen-bond acceptors (Lipinski definition) is 3. The average Bonchev–Trinajstić information content (AvgIpc) is 3.41. The number of amides is 2. The Labute approximate surface area is 276 Å². The highest BCUT2D eigenvalue weighted by Crippen LogP contribution is 2.52. The van der Waals surface area contributed by atoms with Crippen molar-refractivity contribution < 1.29 is 9.59 Å². The summed E-state index contributed by atoms with van der Waals surface area (Å²) in [6, 6.07) is 10.2. The fourth-order valence-corrected chi connectivity index (χ4v) is 9.00. The number of aryl methyl sites for hydroxylation is 3. The number of piperidine rings is 2. The predicted octanol–water partition coefficient (Wildman–Crippen LogP) is 7.88. The maximum Gasteiger partial charge on any atom is 0.270 e. The van der Waals surface area contributed by atoms with Crippen LogP contribution in [0.15, 0.2) is 51.7 Å². The van der Waals surface area contributed by atoms with Gasteiger partial charge >= 0.3 is 0 Å². The van der Waals surface area contributed by atoms with Gasteiger partial charge in [-0.25, -0.2) is 0 Å². The van der Waals surface area contributed by atoms with Crippen molar-refractivity contribution in [3.05, 3.63) is 84.8 Å². The van der Waals surface area contributed by atoms with Crippen LogP contribution in [0.3, 0.4) is 0 Å². The van der Waals surface area contributed by atoms with E-state index in [0.717, 1.165) is 83.5 Å². The van der Waals surface area contributed by atoms with Crippen LogP contribution in [0.4, 0.5) is 0 Å². The number of likely N-dealkylation sites (tertiary alicyclic amines) is 2. The second kappa shape index (κ2) is 12.7. The van der Waals surface area contributed by atoms with Gasteiger partial charge in [-0.2, -0.15) is 0 Å². The molecular formula is C34H39Br2ClN4O2. The number of benzene rings is 1. The van der Waals surface area contributed by atoms with E-state index < -0.39 is 0 Å². The molecule has 0 radical (unpaired) electrons. The molecule has 2 amide bonds. The summed E-state index contributed by atoms with van der Waals surface area (Å²) in [5.74, 6) is 0.798. The molecule has 43 heavy (non-hydrogen) atoms. The molecule has 9 heteroatoms. The molecule has 2 saturated heterocycles. The normalized spacial score (nSPS) is 20.3. The molecule has 0 spiro atoms. The maximum absolute atomic E-state index is 13.5. The summed E-state index contributed by atoms with van der Waals surface area (Å²) in [6.45, 7) is 8.15. The Morgan fingerprint density at radius 1 is 1.02 bits per heavy atom. The Kier molecular flexibility index (Phi) is 9.10. The van der Waals surface area contributed by atoms with Crippen molar-refractivity contribution in [2.24, 2.45) is 11.3 Å². The standard InChI is InChI=1S/C34H39Br2ClN4O2/c1-3-39-12-4-5-28(39)33(43)41-13-8-22(9-14-41)17-29(42)40-15-10-34(2,11-16-40)31-30-23(19-26(37)20-27(30)36)6-7-24-18-25(35)21-38-32(24)31/h4-5,12,18-22,31H,3,6-11,13-17H2,1-2H3/t31-/m1/s1. The number of hydrogen-bond donors (Lipinski definition) is 0. The minimum Gasteiger partial charge on any atom is -0.344 e. The zero-order chi connectivity index (χ0) is 30.3. The number of carbonyl (C=O) groups is 2. The molecule has 1 atom stereocenters. The Hall–Kier alpha value is -2.16. The minimum absolute atomic E-state index is 0.0519. The van der Waals surface area contributed by atoms with Gasteiger partial charge in [0.2, 0.25) is 5.91 Å². The molecule has 2 aromatic heterocycles. The topological polar surface area (TPSA) is 58.4 Å². The highest BCUT2D eigenvalue weighted by molar-refractivity contribution is 9.10. The van der Waals surface area contributed by atoms with Crippen molar-refractivity contribution in [2.75, 3.05) is 26.2 Å². The summed E-state index contributed by atoms with van der Waals surface area (Å²) in [7, 11) is 0. The van der Waals surface area contributed by atoms with E-state index in [1.165, 1.54) is 16.7 Å². The van der Waals surface area contributed by atoms with Crippen LogP contribution < -0.4 is 0 Å². The first-order valence-corrected chi connectivity index (χ1v) is 17.5. The highest BCUT2D eigenvalue weighted by atomic mass is 79.9. The molecule has 1 aromatic carbocycles. The van der Waals surface area contributed by atoms with Gasteiger partial charge in [0.15, 0.2) is 0 Å². The largest absolute Gasteiger partial charge is 0.344 e. The molecule has 0 saturated carbocycles. The first-order chi connectivity index (χ1) is 20.7. The van der Waals surface area contributed by atoms with E-state index in [-0.39, 0.29) is 23.1 Å². The molecule has 6 nitrogen and oxygen atoms in total. The predicted molar refractivity (Wildman–Crippen MR) is 178 cm³/mol. The van der Waals surface area contributed by atoms with Crippen LogP contribution in [0.2, 0.25) is 5.02 Å². The lowest BCUT2D eigenvalue weighted by Crippen LogP contribution is -2.46. The molecule has 3 aromatic rings. The fraction of sp³-hybridized carbons (Fsp3) is 0.500. The summed E-state index contributed by atoms with van der Waals surface area (Å²) in [6.07, 6.45) is 9.88. The zero-order valence-corrected chi connectivity index (χ0v) is 28.8. The Morgan fingerprint density at radius 2 is 1.74 bits per heavy atom. The lowest BCUT2D eigenvalue weighted by Gasteiger charge is -2.45. The number of aromatic nitrogens is 2. The molecule has 2 fully saturated rings. The average molecular weight is 731 g/mol. The molecule has 0 N–H and O–H groups in total. The quantitative estimate of drug-likeness (QED) is 0.269. The number of nitrogens with zero attached hydrogens (tertiary/aromatic N) is 4. The number of halogens is 3. The number of pyridine rings is 1. The minimum atomic E-state index is -0.0519. The molecule has 0 bridgehead atoms. The third-order valence-electron chi connectivity index (χ3n) is 10.1. The first-order valence-electron chi connectivity index (χ1n) is 15.5. The number of fused-ring (bicyclic) bond motifs is 2. The van der Waals surface area contributed by atoms with E-state index in [4.69, 9.17) is 16.6 Å². The number of rotatable bonds is 5. The van der Waals surface area contributed by atoms with Gasteiger partial charge in [-0.3, -0.25) is 14.6 Å². The molecule has 2 aliphatic heterocycles. The molecule has 3 aliphatic rings. The van der Waals surface area contributed by atoms with E-state index in [2.05, 4.69) is 62.7 Å². The van der Waals surface area contributed by atoms with Gasteiger partial charge in [0, 0.05) is 71.4 Å². The van der Waals surface area contributed by atoms with Crippen molar-refractivity contribution >= 4 is 55.3 Å². The summed E-state index contributed by atoms with van der Waals surface area (Å²) in [5.41, 5.74) is 5.72. The summed E-state index contributed by atoms with van der Waals surface area (Å²) < 4.78 is 4.05. The third-order valence-corrected chi connectivity index (χ3v) is 11.4. The van der Waals surface area contributed by atoms with E-state index in [1.807, 2.05) is 40.1 Å². The van der Waals surface area contributed by atoms with Crippen molar-refractivity contribution in [3.8, 4) is 0 Å². The van der Waals surface area contributed by atoms with Crippen LogP contribution in [0.5, 0.6) is 0 Å². The van der Waals surface area contributed by atoms with Crippen LogP contribution >= 0.6 is 43.5 Å². The van der Waals surface area contributed by atoms with Gasteiger partial charge in [-0.15, -0.1) is 0 Å². The first kappa shape index (κ1) is 30.8. The molecule has 228 valence electrons. The van der Waals surface area contributed by atoms with Gasteiger partial charge in [-0.1, -0.05) is 34.5 Å². The fourth-order valence-electron chi connectivity index (χ4n) is 7.52. The van der Waals surface area contributed by atoms with Crippen LogP contribution in [0.1, 0.15) is 84.7 Å². The second-order valence-electron chi connectivity index (χ2n) is 12.7. The molecule has 1 aliphatic carbocycles. The van der Waals surface area contributed by atoms with Gasteiger partial charge < -0.3 is 14.4 Å². The van der Waals surface area contributed by atoms with Crippen molar-refractivity contribution in [1.29, 1.82) is 0 Å². The molecule has 4 heterocycles. The lowest BCUT2D eigenvalue weighted by atomic mass is 9.65. The van der Waals surface area contributed by atoms with Crippen molar-refractivity contribution in [1.82, 2.24) is 19.4 Å². The van der Waals surface area contributed by atoms with Crippen LogP contribution in [-0.2, 0) is 24.2 Å². The van der Waals surface area contributed by atoms with E-state index >= 15 is 0 Å². The van der Waals surface area contributed by atoms with E-state index in [9.17, 15) is 9.59 Å². The van der Waals surface area contributed by atoms with E-state index in [0.29, 0.717) is 25.4 Å². The lowest BCUT2D eigenvalue weighted by molar-refractivity contribution is -0.134. The second-order valence-corrected chi connectivity index (χ2v) is 15.0. The monoisotopic (exact) mass is 728 g/mol. The Morgan fingerprint density at radius 3 is 2.47 bits per heavy atom. The highest BCUT2D eigenvalue weighted by Gasteiger charge is 2.44. The van der Waals surface area contributed by atoms with Crippen molar-refractivity contribution in [2.45, 2.75) is 71.3 Å². The number of carbonyl (C=O) groups excluding carboxylic acids is 2. The smallest absolute Gasteiger partial charge is 0.270 e. The van der Waals surface area contributed by atoms with Crippen LogP contribution in [-0.4, -0.2) is 57.3 Å². The molecule has 0 unspecified atom stereocenters. The maximum atomic E-state index is 13.5. The summed E-state index contributed by atoms with van der Waals surface area (Å²) >= 11 is 14.0. The SMILES string of the molecule is CCn1cccc1C(=O)N1CCC(CC(=O)N2CCC(C)([C@H]3c4ncc(Br)cc4CCc4cc(Cl)cc(Br)c43)CC2)CC1. The Balaban J connectivity index is 1.12. The van der Waals surface area contributed by atoms with Gasteiger partial charge in [-0.05, 0) is 120 Å². The van der Waals surface area contributed by atoms with Crippen LogP contribution in [0.25, 0.3) is 0 Å². The Bertz CT molecular complexity index is 1520. The van der Waals surface area contributed by atoms with Gasteiger partial charge in [0.25, 0.3) is 5.91 Å². The van der Waals surface area contributed by atoms with Crippen LogP contribution in [0, 0.1) is 11.3 Å². The molecule has 6 rings (SSSR count).